The molecule has 0 fully saturated rings. The molecule has 0 aliphatic heterocycles. The summed E-state index contributed by atoms with van der Waals surface area (Å²) < 4.78 is 0. The van der Waals surface area contributed by atoms with E-state index < -0.39 is 0 Å². The van der Waals surface area contributed by atoms with E-state index in [1.165, 1.54) is 0 Å². The second-order valence-electron chi connectivity index (χ2n) is 11.2. The summed E-state index contributed by atoms with van der Waals surface area (Å²) in [6, 6.07) is 47.2. The summed E-state index contributed by atoms with van der Waals surface area (Å²) in [4.78, 5) is 30.0. The van der Waals surface area contributed by atoms with Crippen molar-refractivity contribution in [2.45, 2.75) is 0 Å². The van der Waals surface area contributed by atoms with Crippen molar-refractivity contribution in [3.8, 4) is 45.7 Å². The van der Waals surface area contributed by atoms with Crippen LogP contribution in [0.3, 0.4) is 0 Å². The molecule has 0 amide bonds. The van der Waals surface area contributed by atoms with Crippen molar-refractivity contribution in [1.29, 1.82) is 0 Å². The SMILES string of the molecule is c1ccc(-c2nc(-c3ccnc(-c4nc(-c5ccccc5)c5ccc6ccccc6c5n4)n3)nc3c2ccc2ccccc23)cc1. The predicted octanol–water partition coefficient (Wildman–Crippen LogP) is 9.34. The van der Waals surface area contributed by atoms with E-state index >= 15 is 0 Å². The zero-order chi connectivity index (χ0) is 30.5. The third-order valence-electron chi connectivity index (χ3n) is 8.36. The van der Waals surface area contributed by atoms with Crippen LogP contribution < -0.4 is 0 Å². The highest BCUT2D eigenvalue weighted by Gasteiger charge is 2.18. The highest BCUT2D eigenvalue weighted by atomic mass is 15.0. The number of aromatic nitrogens is 6. The average Bonchev–Trinajstić information content (AvgIpc) is 3.14. The lowest BCUT2D eigenvalue weighted by molar-refractivity contribution is 1.09. The molecule has 214 valence electrons. The maximum Gasteiger partial charge on any atom is 0.198 e. The van der Waals surface area contributed by atoms with E-state index in [4.69, 9.17) is 24.9 Å². The van der Waals surface area contributed by atoms with Crippen molar-refractivity contribution in [2.75, 3.05) is 0 Å². The lowest BCUT2D eigenvalue weighted by Crippen LogP contribution is -2.02. The molecule has 0 aliphatic carbocycles. The minimum atomic E-state index is 0.410. The normalized spacial score (nSPS) is 11.5. The molecule has 0 bridgehead atoms. The van der Waals surface area contributed by atoms with Gasteiger partial charge in [-0.3, -0.25) is 0 Å². The van der Waals surface area contributed by atoms with Gasteiger partial charge < -0.3 is 0 Å². The first kappa shape index (κ1) is 26.0. The number of hydrogen-bond donors (Lipinski definition) is 0. The maximum absolute atomic E-state index is 5.11. The van der Waals surface area contributed by atoms with E-state index in [0.29, 0.717) is 23.2 Å². The van der Waals surface area contributed by atoms with Gasteiger partial charge in [-0.15, -0.1) is 0 Å². The highest BCUT2D eigenvalue weighted by molar-refractivity contribution is 6.10. The molecular formula is C40H24N6. The first-order valence-electron chi connectivity index (χ1n) is 15.1. The first-order chi connectivity index (χ1) is 22.8. The fourth-order valence-electron chi connectivity index (χ4n) is 6.17. The van der Waals surface area contributed by atoms with Crippen LogP contribution in [0.25, 0.3) is 89.0 Å². The van der Waals surface area contributed by atoms with Gasteiger partial charge >= 0.3 is 0 Å². The Kier molecular flexibility index (Phi) is 6.03. The molecule has 6 aromatic carbocycles. The maximum atomic E-state index is 5.11. The molecule has 46 heavy (non-hydrogen) atoms. The summed E-state index contributed by atoms with van der Waals surface area (Å²) in [5, 5.41) is 6.30. The van der Waals surface area contributed by atoms with Crippen LogP contribution in [0.2, 0.25) is 0 Å². The topological polar surface area (TPSA) is 77.3 Å². The fourth-order valence-corrected chi connectivity index (χ4v) is 6.17. The van der Waals surface area contributed by atoms with Gasteiger partial charge in [-0.1, -0.05) is 121 Å². The van der Waals surface area contributed by atoms with Gasteiger partial charge in [0.15, 0.2) is 17.5 Å². The van der Waals surface area contributed by atoms with Crippen LogP contribution in [-0.4, -0.2) is 29.9 Å². The second kappa shape index (κ2) is 10.6. The van der Waals surface area contributed by atoms with Crippen molar-refractivity contribution in [2.24, 2.45) is 0 Å². The van der Waals surface area contributed by atoms with E-state index in [2.05, 4.69) is 77.8 Å². The molecule has 0 radical (unpaired) electrons. The van der Waals surface area contributed by atoms with Crippen LogP contribution in [0.5, 0.6) is 0 Å². The molecule has 0 saturated heterocycles. The molecule has 0 aliphatic rings. The molecule has 3 aromatic heterocycles. The zero-order valence-electron chi connectivity index (χ0n) is 24.5. The molecule has 0 unspecified atom stereocenters. The fraction of sp³-hybridized carbons (Fsp3) is 0. The van der Waals surface area contributed by atoms with Crippen LogP contribution in [0, 0.1) is 0 Å². The van der Waals surface area contributed by atoms with Crippen molar-refractivity contribution in [1.82, 2.24) is 29.9 Å². The molecular weight excluding hydrogens is 564 g/mol. The van der Waals surface area contributed by atoms with E-state index in [-0.39, 0.29) is 0 Å². The number of fused-ring (bicyclic) bond motifs is 6. The Balaban J connectivity index is 1.28. The molecule has 0 spiro atoms. The summed E-state index contributed by atoms with van der Waals surface area (Å²) in [5.74, 6) is 1.37. The smallest absolute Gasteiger partial charge is 0.198 e. The lowest BCUT2D eigenvalue weighted by Gasteiger charge is -2.12. The summed E-state index contributed by atoms with van der Waals surface area (Å²) in [6.07, 6.45) is 1.73. The summed E-state index contributed by atoms with van der Waals surface area (Å²) in [7, 11) is 0. The molecule has 6 heteroatoms. The van der Waals surface area contributed by atoms with Gasteiger partial charge in [0, 0.05) is 38.9 Å². The van der Waals surface area contributed by atoms with Crippen LogP contribution >= 0.6 is 0 Å². The van der Waals surface area contributed by atoms with Crippen molar-refractivity contribution in [3.05, 3.63) is 146 Å². The van der Waals surface area contributed by atoms with Crippen molar-refractivity contribution in [3.63, 3.8) is 0 Å². The number of hydrogen-bond acceptors (Lipinski definition) is 6. The second-order valence-corrected chi connectivity index (χ2v) is 11.2. The largest absolute Gasteiger partial charge is 0.234 e. The van der Waals surface area contributed by atoms with E-state index in [9.17, 15) is 0 Å². The molecule has 3 heterocycles. The van der Waals surface area contributed by atoms with Gasteiger partial charge in [0.1, 0.15) is 5.69 Å². The van der Waals surface area contributed by atoms with Gasteiger partial charge in [-0.2, -0.15) is 0 Å². The Morgan fingerprint density at radius 3 is 1.41 bits per heavy atom. The minimum absolute atomic E-state index is 0.410. The lowest BCUT2D eigenvalue weighted by atomic mass is 10.0. The summed E-state index contributed by atoms with van der Waals surface area (Å²) in [5.41, 5.74) is 6.03. The standard InChI is InChI=1S/C40H24N6/c1-3-13-27(14-4-1)34-31-21-19-25-11-7-9-17-29(25)36(31)45-38(43-34)33-23-24-41-39(42-33)40-44-35(28-15-5-2-6-16-28)32-22-20-26-12-8-10-18-30(26)37(32)46-40/h1-24H. The van der Waals surface area contributed by atoms with Gasteiger partial charge in [0.25, 0.3) is 0 Å². The summed E-state index contributed by atoms with van der Waals surface area (Å²) >= 11 is 0. The van der Waals surface area contributed by atoms with Crippen molar-refractivity contribution >= 4 is 43.4 Å². The number of nitrogens with zero attached hydrogens (tertiary/aromatic N) is 6. The molecule has 0 saturated carbocycles. The van der Waals surface area contributed by atoms with Crippen LogP contribution in [0.1, 0.15) is 0 Å². The van der Waals surface area contributed by atoms with E-state index in [1.54, 1.807) is 6.20 Å². The number of rotatable bonds is 4. The first-order valence-corrected chi connectivity index (χ1v) is 15.1. The van der Waals surface area contributed by atoms with E-state index in [1.807, 2.05) is 66.7 Å². The minimum Gasteiger partial charge on any atom is -0.234 e. The van der Waals surface area contributed by atoms with Gasteiger partial charge in [-0.05, 0) is 29.0 Å². The molecule has 0 atom stereocenters. The monoisotopic (exact) mass is 588 g/mol. The molecule has 9 aromatic rings. The molecule has 0 N–H and O–H groups in total. The van der Waals surface area contributed by atoms with Gasteiger partial charge in [0.2, 0.25) is 0 Å². The third kappa shape index (κ3) is 4.35. The quantitative estimate of drug-likeness (QED) is 0.191. The number of benzene rings is 6. The Morgan fingerprint density at radius 1 is 0.326 bits per heavy atom. The van der Waals surface area contributed by atoms with Crippen LogP contribution in [0.4, 0.5) is 0 Å². The Bertz CT molecular complexity index is 2410. The predicted molar refractivity (Wildman–Crippen MR) is 185 cm³/mol. The Labute approximate surface area is 264 Å². The Morgan fingerprint density at radius 2 is 0.826 bits per heavy atom. The van der Waals surface area contributed by atoms with Crippen LogP contribution in [-0.2, 0) is 0 Å². The molecule has 9 rings (SSSR count). The highest BCUT2D eigenvalue weighted by Crippen LogP contribution is 2.35. The van der Waals surface area contributed by atoms with E-state index in [0.717, 1.165) is 65.9 Å². The van der Waals surface area contributed by atoms with Gasteiger partial charge in [0.05, 0.1) is 22.4 Å². The molecule has 6 nitrogen and oxygen atoms in total. The zero-order valence-corrected chi connectivity index (χ0v) is 24.5. The Hall–Kier alpha value is -6.40. The van der Waals surface area contributed by atoms with Crippen LogP contribution in [0.15, 0.2) is 146 Å². The van der Waals surface area contributed by atoms with Crippen molar-refractivity contribution < 1.29 is 0 Å². The average molecular weight is 589 g/mol. The van der Waals surface area contributed by atoms with Gasteiger partial charge in [-0.25, -0.2) is 29.9 Å². The summed E-state index contributed by atoms with van der Waals surface area (Å²) in [6.45, 7) is 0. The third-order valence-corrected chi connectivity index (χ3v) is 8.36.